The second-order valence-corrected chi connectivity index (χ2v) is 6.41. The van der Waals surface area contributed by atoms with Crippen molar-refractivity contribution in [1.29, 1.82) is 0 Å². The summed E-state index contributed by atoms with van der Waals surface area (Å²) in [4.78, 5) is 26.3. The maximum atomic E-state index is 12.5. The van der Waals surface area contributed by atoms with Crippen molar-refractivity contribution in [2.24, 2.45) is 0 Å². The van der Waals surface area contributed by atoms with Crippen molar-refractivity contribution < 1.29 is 9.59 Å². The maximum Gasteiger partial charge on any atom is 0.313 e. The lowest BCUT2D eigenvalue weighted by atomic mass is 10.2. The van der Waals surface area contributed by atoms with Crippen LogP contribution < -0.4 is 5.32 Å². The van der Waals surface area contributed by atoms with Gasteiger partial charge in [0.1, 0.15) is 0 Å². The lowest BCUT2D eigenvalue weighted by Crippen LogP contribution is -2.43. The molecular formula is C18H18Cl2N2O2. The molecule has 0 aliphatic carbocycles. The molecule has 2 rings (SSSR count). The molecule has 0 fully saturated rings. The molecule has 4 nitrogen and oxygen atoms in total. The first-order valence-corrected chi connectivity index (χ1v) is 8.25. The van der Waals surface area contributed by atoms with Gasteiger partial charge >= 0.3 is 11.8 Å². The SMILES string of the molecule is CC(C)N(Cc1ccccc1)C(=O)C(=O)Nc1ccc(Cl)c(Cl)c1. The summed E-state index contributed by atoms with van der Waals surface area (Å²) in [6.45, 7) is 4.10. The van der Waals surface area contributed by atoms with Crippen LogP contribution in [0.1, 0.15) is 19.4 Å². The Morgan fingerprint density at radius 1 is 1.04 bits per heavy atom. The Labute approximate surface area is 151 Å². The van der Waals surface area contributed by atoms with E-state index in [1.807, 2.05) is 44.2 Å². The number of rotatable bonds is 4. The molecule has 0 bridgehead atoms. The van der Waals surface area contributed by atoms with Crippen molar-refractivity contribution in [1.82, 2.24) is 4.90 Å². The lowest BCUT2D eigenvalue weighted by molar-refractivity contribution is -0.144. The molecule has 0 atom stereocenters. The number of carbonyl (C=O) groups is 2. The largest absolute Gasteiger partial charge is 0.328 e. The molecule has 24 heavy (non-hydrogen) atoms. The summed E-state index contributed by atoms with van der Waals surface area (Å²) in [6.07, 6.45) is 0. The van der Waals surface area contributed by atoms with Gasteiger partial charge in [-0.3, -0.25) is 9.59 Å². The fourth-order valence-electron chi connectivity index (χ4n) is 2.16. The predicted molar refractivity (Wildman–Crippen MR) is 97.2 cm³/mol. The zero-order valence-corrected chi connectivity index (χ0v) is 14.9. The Bertz CT molecular complexity index is 733. The van der Waals surface area contributed by atoms with Gasteiger partial charge in [-0.05, 0) is 37.6 Å². The number of anilines is 1. The Hall–Kier alpha value is -2.04. The second kappa shape index (κ2) is 8.18. The maximum absolute atomic E-state index is 12.5. The number of carbonyl (C=O) groups excluding carboxylic acids is 2. The first-order valence-electron chi connectivity index (χ1n) is 7.49. The van der Waals surface area contributed by atoms with Gasteiger partial charge in [-0.1, -0.05) is 53.5 Å². The highest BCUT2D eigenvalue weighted by atomic mass is 35.5. The monoisotopic (exact) mass is 364 g/mol. The normalized spacial score (nSPS) is 10.5. The quantitative estimate of drug-likeness (QED) is 0.818. The van der Waals surface area contributed by atoms with Crippen LogP contribution in [0.5, 0.6) is 0 Å². The number of amides is 2. The minimum atomic E-state index is -0.710. The highest BCUT2D eigenvalue weighted by molar-refractivity contribution is 6.42. The van der Waals surface area contributed by atoms with Crippen LogP contribution >= 0.6 is 23.2 Å². The summed E-state index contributed by atoms with van der Waals surface area (Å²) in [5.74, 6) is -1.31. The molecule has 2 aromatic rings. The van der Waals surface area contributed by atoms with Crippen molar-refractivity contribution in [3.05, 3.63) is 64.1 Å². The minimum absolute atomic E-state index is 0.114. The van der Waals surface area contributed by atoms with Gasteiger partial charge in [-0.15, -0.1) is 0 Å². The fraction of sp³-hybridized carbons (Fsp3) is 0.222. The van der Waals surface area contributed by atoms with Crippen molar-refractivity contribution in [2.45, 2.75) is 26.4 Å². The van der Waals surface area contributed by atoms with Crippen LogP contribution in [0.25, 0.3) is 0 Å². The molecule has 0 saturated carbocycles. The van der Waals surface area contributed by atoms with Gasteiger partial charge in [0.15, 0.2) is 0 Å². The number of benzene rings is 2. The van der Waals surface area contributed by atoms with Crippen LogP contribution in [-0.2, 0) is 16.1 Å². The zero-order chi connectivity index (χ0) is 17.7. The van der Waals surface area contributed by atoms with E-state index in [1.54, 1.807) is 12.1 Å². The van der Waals surface area contributed by atoms with Crippen LogP contribution in [0.3, 0.4) is 0 Å². The van der Waals surface area contributed by atoms with E-state index in [9.17, 15) is 9.59 Å². The molecule has 126 valence electrons. The third kappa shape index (κ3) is 4.73. The molecule has 0 aromatic heterocycles. The van der Waals surface area contributed by atoms with E-state index in [-0.39, 0.29) is 6.04 Å². The molecule has 0 aliphatic rings. The molecule has 2 amide bonds. The summed E-state index contributed by atoms with van der Waals surface area (Å²) in [7, 11) is 0. The number of nitrogens with one attached hydrogen (secondary N) is 1. The third-order valence-corrected chi connectivity index (χ3v) is 4.19. The molecular weight excluding hydrogens is 347 g/mol. The van der Waals surface area contributed by atoms with Gasteiger partial charge in [0.05, 0.1) is 10.0 Å². The summed E-state index contributed by atoms with van der Waals surface area (Å²) >= 11 is 11.8. The van der Waals surface area contributed by atoms with Crippen LogP contribution in [-0.4, -0.2) is 22.8 Å². The van der Waals surface area contributed by atoms with Gasteiger partial charge in [0.2, 0.25) is 0 Å². The number of halogens is 2. The second-order valence-electron chi connectivity index (χ2n) is 5.60. The van der Waals surface area contributed by atoms with Gasteiger partial charge in [0.25, 0.3) is 0 Å². The smallest absolute Gasteiger partial charge is 0.313 e. The summed E-state index contributed by atoms with van der Waals surface area (Å²) in [5, 5.41) is 3.25. The van der Waals surface area contributed by atoms with Gasteiger partial charge < -0.3 is 10.2 Å². The molecule has 2 aromatic carbocycles. The van der Waals surface area contributed by atoms with Gasteiger partial charge in [0, 0.05) is 18.3 Å². The molecule has 0 heterocycles. The minimum Gasteiger partial charge on any atom is -0.328 e. The van der Waals surface area contributed by atoms with Crippen molar-refractivity contribution in [3.8, 4) is 0 Å². The van der Waals surface area contributed by atoms with Gasteiger partial charge in [-0.25, -0.2) is 0 Å². The summed E-state index contributed by atoms with van der Waals surface area (Å²) in [5.41, 5.74) is 1.38. The van der Waals surface area contributed by atoms with E-state index in [2.05, 4.69) is 5.32 Å². The Morgan fingerprint density at radius 3 is 2.29 bits per heavy atom. The van der Waals surface area contributed by atoms with Crippen molar-refractivity contribution >= 4 is 40.7 Å². The van der Waals surface area contributed by atoms with E-state index in [0.29, 0.717) is 22.3 Å². The first kappa shape index (κ1) is 18.3. The van der Waals surface area contributed by atoms with Crippen LogP contribution in [0.2, 0.25) is 10.0 Å². The number of hydrogen-bond acceptors (Lipinski definition) is 2. The Balaban J connectivity index is 2.10. The molecule has 0 radical (unpaired) electrons. The van der Waals surface area contributed by atoms with Gasteiger partial charge in [-0.2, -0.15) is 0 Å². The van der Waals surface area contributed by atoms with E-state index in [1.165, 1.54) is 11.0 Å². The molecule has 0 aliphatic heterocycles. The average Bonchev–Trinajstić information content (AvgIpc) is 2.56. The van der Waals surface area contributed by atoms with Crippen molar-refractivity contribution in [2.75, 3.05) is 5.32 Å². The Kier molecular flexibility index (Phi) is 6.23. The fourth-order valence-corrected chi connectivity index (χ4v) is 2.46. The van der Waals surface area contributed by atoms with Crippen LogP contribution in [0.4, 0.5) is 5.69 Å². The van der Waals surface area contributed by atoms with Crippen LogP contribution in [0, 0.1) is 0 Å². The average molecular weight is 365 g/mol. The summed E-state index contributed by atoms with van der Waals surface area (Å²) in [6, 6.07) is 14.1. The van der Waals surface area contributed by atoms with Crippen molar-refractivity contribution in [3.63, 3.8) is 0 Å². The Morgan fingerprint density at radius 2 is 1.71 bits per heavy atom. The van der Waals surface area contributed by atoms with E-state index < -0.39 is 11.8 Å². The highest BCUT2D eigenvalue weighted by Gasteiger charge is 2.24. The topological polar surface area (TPSA) is 49.4 Å². The number of hydrogen-bond donors (Lipinski definition) is 1. The highest BCUT2D eigenvalue weighted by Crippen LogP contribution is 2.25. The lowest BCUT2D eigenvalue weighted by Gasteiger charge is -2.26. The van der Waals surface area contributed by atoms with Crippen LogP contribution in [0.15, 0.2) is 48.5 Å². The molecule has 6 heteroatoms. The molecule has 0 saturated heterocycles. The number of nitrogens with zero attached hydrogens (tertiary/aromatic N) is 1. The zero-order valence-electron chi connectivity index (χ0n) is 13.4. The third-order valence-electron chi connectivity index (χ3n) is 3.45. The molecule has 0 unspecified atom stereocenters. The van der Waals surface area contributed by atoms with E-state index >= 15 is 0 Å². The standard InChI is InChI=1S/C18H18Cl2N2O2/c1-12(2)22(11-13-6-4-3-5-7-13)18(24)17(23)21-14-8-9-15(19)16(20)10-14/h3-10,12H,11H2,1-2H3,(H,21,23). The van der Waals surface area contributed by atoms with E-state index in [4.69, 9.17) is 23.2 Å². The van der Waals surface area contributed by atoms with E-state index in [0.717, 1.165) is 5.56 Å². The first-order chi connectivity index (χ1) is 11.4. The predicted octanol–water partition coefficient (Wildman–Crippen LogP) is 4.37. The summed E-state index contributed by atoms with van der Waals surface area (Å²) < 4.78 is 0. The molecule has 1 N–H and O–H groups in total. The molecule has 0 spiro atoms.